The van der Waals surface area contributed by atoms with Gasteiger partial charge in [0.15, 0.2) is 0 Å². The van der Waals surface area contributed by atoms with E-state index in [0.717, 1.165) is 12.8 Å². The van der Waals surface area contributed by atoms with Crippen LogP contribution in [0.1, 0.15) is 54.2 Å². The Morgan fingerprint density at radius 2 is 2.05 bits per heavy atom. The van der Waals surface area contributed by atoms with Crippen molar-refractivity contribution in [1.82, 2.24) is 5.32 Å². The van der Waals surface area contributed by atoms with Gasteiger partial charge >= 0.3 is 5.97 Å². The number of nitrogens with one attached hydrogen (secondary N) is 1. The fourth-order valence-electron chi connectivity index (χ4n) is 2.16. The van der Waals surface area contributed by atoms with Crippen molar-refractivity contribution >= 4 is 23.2 Å². The molecule has 1 amide bonds. The molecule has 1 aliphatic carbocycles. The predicted octanol–water partition coefficient (Wildman–Crippen LogP) is 2.70. The summed E-state index contributed by atoms with van der Waals surface area (Å²) in [6.07, 6.45) is 3.30. The quantitative estimate of drug-likeness (QED) is 0.872. The lowest BCUT2D eigenvalue weighted by molar-refractivity contribution is -0.156. The molecule has 0 saturated heterocycles. The summed E-state index contributed by atoms with van der Waals surface area (Å²) >= 11 is 1.53. The SMILES string of the molecule is C[C@@H](NC(=O)c1cc2c(s1)CCC2)C(=O)OC(C)(C)C. The van der Waals surface area contributed by atoms with Gasteiger partial charge in [-0.1, -0.05) is 0 Å². The molecule has 2 rings (SSSR count). The average Bonchev–Trinajstić information content (AvgIpc) is 2.85. The predicted molar refractivity (Wildman–Crippen MR) is 79.1 cm³/mol. The number of carbonyl (C=O) groups is 2. The van der Waals surface area contributed by atoms with E-state index in [-0.39, 0.29) is 5.91 Å². The van der Waals surface area contributed by atoms with Crippen LogP contribution in [0.4, 0.5) is 0 Å². The van der Waals surface area contributed by atoms with Crippen molar-refractivity contribution < 1.29 is 14.3 Å². The van der Waals surface area contributed by atoms with E-state index < -0.39 is 17.6 Å². The summed E-state index contributed by atoms with van der Waals surface area (Å²) in [4.78, 5) is 25.9. The van der Waals surface area contributed by atoms with Gasteiger partial charge in [-0.3, -0.25) is 4.79 Å². The van der Waals surface area contributed by atoms with E-state index in [1.165, 1.54) is 28.2 Å². The molecule has 1 aromatic heterocycles. The lowest BCUT2D eigenvalue weighted by Crippen LogP contribution is -2.42. The first-order valence-electron chi connectivity index (χ1n) is 6.91. The van der Waals surface area contributed by atoms with Gasteiger partial charge in [0.25, 0.3) is 5.91 Å². The standard InChI is InChI=1S/C15H21NO3S/c1-9(14(18)19-15(2,3)4)16-13(17)12-8-10-6-5-7-11(10)20-12/h8-9H,5-7H2,1-4H3,(H,16,17)/t9-/m1/s1. The van der Waals surface area contributed by atoms with Crippen LogP contribution in [0.3, 0.4) is 0 Å². The fourth-order valence-corrected chi connectivity index (χ4v) is 3.31. The molecule has 0 spiro atoms. The molecule has 0 fully saturated rings. The van der Waals surface area contributed by atoms with Gasteiger partial charge < -0.3 is 10.1 Å². The van der Waals surface area contributed by atoms with Crippen LogP contribution in [0, 0.1) is 0 Å². The third kappa shape index (κ3) is 3.60. The summed E-state index contributed by atoms with van der Waals surface area (Å²) in [6.45, 7) is 7.07. The number of carbonyl (C=O) groups excluding carboxylic acids is 2. The average molecular weight is 295 g/mol. The highest BCUT2D eigenvalue weighted by Crippen LogP contribution is 2.30. The van der Waals surface area contributed by atoms with E-state index in [9.17, 15) is 9.59 Å². The van der Waals surface area contributed by atoms with Crippen LogP contribution in [-0.2, 0) is 22.4 Å². The van der Waals surface area contributed by atoms with E-state index in [4.69, 9.17) is 4.74 Å². The molecular weight excluding hydrogens is 274 g/mol. The Bertz CT molecular complexity index is 506. The van der Waals surface area contributed by atoms with E-state index >= 15 is 0 Å². The van der Waals surface area contributed by atoms with Gasteiger partial charge in [-0.2, -0.15) is 0 Å². The lowest BCUT2D eigenvalue weighted by Gasteiger charge is -2.22. The molecule has 1 heterocycles. The van der Waals surface area contributed by atoms with Gasteiger partial charge in [0.05, 0.1) is 4.88 Å². The first kappa shape index (κ1) is 15.0. The zero-order chi connectivity index (χ0) is 14.9. The molecule has 0 aliphatic heterocycles. The maximum atomic E-state index is 12.1. The zero-order valence-electron chi connectivity index (χ0n) is 12.4. The van der Waals surface area contributed by atoms with Gasteiger partial charge in [-0.15, -0.1) is 11.3 Å². The summed E-state index contributed by atoms with van der Waals surface area (Å²) in [5.74, 6) is -0.599. The number of esters is 1. The monoisotopic (exact) mass is 295 g/mol. The maximum Gasteiger partial charge on any atom is 0.328 e. The first-order valence-corrected chi connectivity index (χ1v) is 7.73. The number of thiophene rings is 1. The molecule has 0 bridgehead atoms. The fraction of sp³-hybridized carbons (Fsp3) is 0.600. The normalized spacial score (nSPS) is 15.6. The van der Waals surface area contributed by atoms with Gasteiger partial charge in [0.1, 0.15) is 11.6 Å². The topological polar surface area (TPSA) is 55.4 Å². The zero-order valence-corrected chi connectivity index (χ0v) is 13.2. The number of aryl methyl sites for hydroxylation is 2. The lowest BCUT2D eigenvalue weighted by atomic mass is 10.2. The Balaban J connectivity index is 1.95. The third-order valence-corrected chi connectivity index (χ3v) is 4.31. The highest BCUT2D eigenvalue weighted by atomic mass is 32.1. The molecule has 4 nitrogen and oxygen atoms in total. The molecule has 0 aromatic carbocycles. The minimum absolute atomic E-state index is 0.192. The second-order valence-corrected chi connectivity index (χ2v) is 7.28. The number of amides is 1. The largest absolute Gasteiger partial charge is 0.458 e. The van der Waals surface area contributed by atoms with Crippen LogP contribution in [0.15, 0.2) is 6.07 Å². The van der Waals surface area contributed by atoms with Gasteiger partial charge in [-0.25, -0.2) is 4.79 Å². The summed E-state index contributed by atoms with van der Waals surface area (Å²) in [6, 6.07) is 1.31. The molecule has 1 atom stereocenters. The molecule has 0 unspecified atom stereocenters. The van der Waals surface area contributed by atoms with E-state index in [2.05, 4.69) is 5.32 Å². The van der Waals surface area contributed by atoms with E-state index in [1.807, 2.05) is 26.8 Å². The van der Waals surface area contributed by atoms with Gasteiger partial charge in [0.2, 0.25) is 0 Å². The van der Waals surface area contributed by atoms with Crippen molar-refractivity contribution in [2.45, 2.75) is 58.6 Å². The molecule has 1 aromatic rings. The summed E-state index contributed by atoms with van der Waals surface area (Å²) < 4.78 is 5.25. The minimum Gasteiger partial charge on any atom is -0.458 e. The molecule has 0 radical (unpaired) electrons. The molecule has 1 N–H and O–H groups in total. The van der Waals surface area contributed by atoms with Crippen LogP contribution in [-0.4, -0.2) is 23.5 Å². The minimum atomic E-state index is -0.640. The van der Waals surface area contributed by atoms with Crippen molar-refractivity contribution in [3.05, 3.63) is 21.4 Å². The highest BCUT2D eigenvalue weighted by molar-refractivity contribution is 7.14. The maximum absolute atomic E-state index is 12.1. The Morgan fingerprint density at radius 3 is 2.65 bits per heavy atom. The molecule has 0 saturated carbocycles. The van der Waals surface area contributed by atoms with E-state index in [1.54, 1.807) is 6.92 Å². The Kier molecular flexibility index (Phi) is 4.18. The van der Waals surface area contributed by atoms with Crippen molar-refractivity contribution in [2.75, 3.05) is 0 Å². The van der Waals surface area contributed by atoms with Crippen molar-refractivity contribution in [2.24, 2.45) is 0 Å². The number of ether oxygens (including phenoxy) is 1. The van der Waals surface area contributed by atoms with Crippen LogP contribution in [0.5, 0.6) is 0 Å². The van der Waals surface area contributed by atoms with Crippen molar-refractivity contribution in [3.8, 4) is 0 Å². The number of rotatable bonds is 3. The first-order chi connectivity index (χ1) is 9.26. The van der Waals surface area contributed by atoms with Crippen LogP contribution >= 0.6 is 11.3 Å². The Morgan fingerprint density at radius 1 is 1.35 bits per heavy atom. The second-order valence-electron chi connectivity index (χ2n) is 6.14. The number of fused-ring (bicyclic) bond motifs is 1. The van der Waals surface area contributed by atoms with Gasteiger partial charge in [0, 0.05) is 4.88 Å². The summed E-state index contributed by atoms with van der Waals surface area (Å²) in [7, 11) is 0. The van der Waals surface area contributed by atoms with Crippen molar-refractivity contribution in [3.63, 3.8) is 0 Å². The molecular formula is C15H21NO3S. The Hall–Kier alpha value is -1.36. The summed E-state index contributed by atoms with van der Waals surface area (Å²) in [5.41, 5.74) is 0.741. The highest BCUT2D eigenvalue weighted by Gasteiger charge is 2.25. The third-order valence-electron chi connectivity index (χ3n) is 3.08. The molecule has 5 heteroatoms. The second kappa shape index (κ2) is 5.56. The van der Waals surface area contributed by atoms with Crippen LogP contribution in [0.2, 0.25) is 0 Å². The van der Waals surface area contributed by atoms with Crippen LogP contribution < -0.4 is 5.32 Å². The number of hydrogen-bond acceptors (Lipinski definition) is 4. The molecule has 110 valence electrons. The van der Waals surface area contributed by atoms with Gasteiger partial charge in [-0.05, 0) is 58.6 Å². The molecule has 1 aliphatic rings. The van der Waals surface area contributed by atoms with E-state index in [0.29, 0.717) is 4.88 Å². The number of hydrogen-bond donors (Lipinski definition) is 1. The summed E-state index contributed by atoms with van der Waals surface area (Å²) in [5, 5.41) is 2.70. The smallest absolute Gasteiger partial charge is 0.328 e. The Labute approximate surface area is 123 Å². The van der Waals surface area contributed by atoms with Crippen LogP contribution in [0.25, 0.3) is 0 Å². The molecule has 20 heavy (non-hydrogen) atoms. The van der Waals surface area contributed by atoms with Crippen molar-refractivity contribution in [1.29, 1.82) is 0 Å².